The lowest BCUT2D eigenvalue weighted by atomic mass is 9.85. The largest absolute Gasteiger partial charge is 0.355 e. The van der Waals surface area contributed by atoms with E-state index in [0.29, 0.717) is 0 Å². The van der Waals surface area contributed by atoms with Crippen LogP contribution in [-0.4, -0.2) is 4.98 Å². The molecule has 1 aromatic heterocycles. The molecule has 1 aliphatic carbocycles. The van der Waals surface area contributed by atoms with Crippen molar-refractivity contribution < 1.29 is 0 Å². The minimum absolute atomic E-state index is 0.212. The van der Waals surface area contributed by atoms with E-state index < -0.39 is 0 Å². The van der Waals surface area contributed by atoms with Crippen molar-refractivity contribution in [2.75, 3.05) is 0 Å². The molecule has 1 heterocycles. The van der Waals surface area contributed by atoms with Gasteiger partial charge in [-0.15, -0.1) is 0 Å². The Bertz CT molecular complexity index is 886. The molecule has 0 amide bonds. The van der Waals surface area contributed by atoms with E-state index in [1.54, 1.807) is 0 Å². The Kier molecular flexibility index (Phi) is 4.85. The first-order chi connectivity index (χ1) is 12.0. The lowest BCUT2D eigenvalue weighted by Crippen LogP contribution is -2.10. The molecular formula is C24H29N. The lowest BCUT2D eigenvalue weighted by molar-refractivity contribution is 0.590. The highest BCUT2D eigenvalue weighted by Gasteiger charge is 2.17. The third kappa shape index (κ3) is 3.42. The van der Waals surface area contributed by atoms with E-state index in [2.05, 4.69) is 80.4 Å². The molecule has 0 aliphatic heterocycles. The number of fused-ring (bicyclic) bond motifs is 3. The number of hydrogen-bond donors (Lipinski definition) is 1. The Balaban J connectivity index is 0.000000880. The van der Waals surface area contributed by atoms with Crippen LogP contribution in [0.4, 0.5) is 0 Å². The number of nitrogens with one attached hydrogen (secondary N) is 1. The second kappa shape index (κ2) is 6.92. The van der Waals surface area contributed by atoms with Gasteiger partial charge in [0, 0.05) is 16.6 Å². The third-order valence-corrected chi connectivity index (χ3v) is 4.93. The standard InChI is InChI=1S/C22H23N.C2H6/c1-22(2,3)17-11-8-15(9-12-17)16-10-13-19-18-6-4-5-7-20(18)23-21(19)14-16;1-2/h4-9,11-12,14,23H,10,13H2,1-3H3;1-2H3. The molecule has 0 atom stereocenters. The van der Waals surface area contributed by atoms with Crippen molar-refractivity contribution in [1.82, 2.24) is 4.98 Å². The van der Waals surface area contributed by atoms with Crippen molar-refractivity contribution in [3.8, 4) is 0 Å². The summed E-state index contributed by atoms with van der Waals surface area (Å²) in [5.41, 5.74) is 8.39. The van der Waals surface area contributed by atoms with Gasteiger partial charge in [-0.1, -0.05) is 77.1 Å². The SMILES string of the molecule is CC.CC(C)(C)c1ccc(C2=Cc3[nH]c4ccccc4c3CC2)cc1. The second-order valence-electron chi connectivity index (χ2n) is 7.56. The van der Waals surface area contributed by atoms with Gasteiger partial charge in [0.25, 0.3) is 0 Å². The smallest absolute Gasteiger partial charge is 0.0461 e. The summed E-state index contributed by atoms with van der Waals surface area (Å²) in [5.74, 6) is 0. The van der Waals surface area contributed by atoms with Crippen molar-refractivity contribution in [3.63, 3.8) is 0 Å². The van der Waals surface area contributed by atoms with Gasteiger partial charge in [0.15, 0.2) is 0 Å². The van der Waals surface area contributed by atoms with Crippen LogP contribution in [-0.2, 0) is 11.8 Å². The van der Waals surface area contributed by atoms with E-state index in [1.165, 1.54) is 38.9 Å². The first-order valence-electron chi connectivity index (χ1n) is 9.43. The number of benzene rings is 2. The van der Waals surface area contributed by atoms with E-state index in [1.807, 2.05) is 13.8 Å². The number of aromatic nitrogens is 1. The first kappa shape index (κ1) is 17.5. The van der Waals surface area contributed by atoms with Crippen LogP contribution in [0.25, 0.3) is 22.6 Å². The molecule has 1 heteroatoms. The molecule has 1 aliphatic rings. The molecule has 3 aromatic rings. The van der Waals surface area contributed by atoms with Crippen molar-refractivity contribution in [2.45, 2.75) is 52.9 Å². The zero-order valence-corrected chi connectivity index (χ0v) is 16.1. The third-order valence-electron chi connectivity index (χ3n) is 4.93. The molecule has 0 saturated heterocycles. The molecular weight excluding hydrogens is 302 g/mol. The molecule has 2 aromatic carbocycles. The Morgan fingerprint density at radius 2 is 1.52 bits per heavy atom. The maximum atomic E-state index is 3.58. The number of rotatable bonds is 1. The minimum Gasteiger partial charge on any atom is -0.355 e. The number of allylic oxidation sites excluding steroid dienone is 1. The van der Waals surface area contributed by atoms with Crippen molar-refractivity contribution in [3.05, 3.63) is 70.9 Å². The summed E-state index contributed by atoms with van der Waals surface area (Å²) in [6.45, 7) is 10.8. The van der Waals surface area contributed by atoms with Gasteiger partial charge in [-0.2, -0.15) is 0 Å². The van der Waals surface area contributed by atoms with Crippen LogP contribution >= 0.6 is 0 Å². The quantitative estimate of drug-likeness (QED) is 0.495. The fraction of sp³-hybridized carbons (Fsp3) is 0.333. The summed E-state index contributed by atoms with van der Waals surface area (Å²) < 4.78 is 0. The van der Waals surface area contributed by atoms with E-state index in [4.69, 9.17) is 0 Å². The minimum atomic E-state index is 0.212. The Morgan fingerprint density at radius 1 is 0.840 bits per heavy atom. The number of aromatic amines is 1. The number of H-pyrrole nitrogens is 1. The summed E-state index contributed by atoms with van der Waals surface area (Å²) in [6.07, 6.45) is 4.57. The molecule has 0 saturated carbocycles. The first-order valence-corrected chi connectivity index (χ1v) is 9.43. The van der Waals surface area contributed by atoms with Crippen LogP contribution in [0.15, 0.2) is 48.5 Å². The summed E-state index contributed by atoms with van der Waals surface area (Å²) >= 11 is 0. The summed E-state index contributed by atoms with van der Waals surface area (Å²) in [4.78, 5) is 3.58. The van der Waals surface area contributed by atoms with E-state index in [-0.39, 0.29) is 5.41 Å². The molecule has 0 unspecified atom stereocenters. The molecule has 0 radical (unpaired) electrons. The highest BCUT2D eigenvalue weighted by Crippen LogP contribution is 2.35. The fourth-order valence-corrected chi connectivity index (χ4v) is 3.53. The molecule has 0 bridgehead atoms. The van der Waals surface area contributed by atoms with Crippen molar-refractivity contribution in [1.29, 1.82) is 0 Å². The van der Waals surface area contributed by atoms with E-state index >= 15 is 0 Å². The van der Waals surface area contributed by atoms with Gasteiger partial charge >= 0.3 is 0 Å². The predicted molar refractivity (Wildman–Crippen MR) is 111 cm³/mol. The van der Waals surface area contributed by atoms with Crippen LogP contribution in [0.3, 0.4) is 0 Å². The molecule has 130 valence electrons. The van der Waals surface area contributed by atoms with E-state index in [0.717, 1.165) is 12.8 Å². The Morgan fingerprint density at radius 3 is 2.20 bits per heavy atom. The lowest BCUT2D eigenvalue weighted by Gasteiger charge is -2.20. The average Bonchev–Trinajstić information content (AvgIpc) is 3.00. The Hall–Kier alpha value is -2.28. The number of aryl methyl sites for hydroxylation is 1. The van der Waals surface area contributed by atoms with Gasteiger partial charge in [0.05, 0.1) is 0 Å². The fourth-order valence-electron chi connectivity index (χ4n) is 3.53. The molecule has 25 heavy (non-hydrogen) atoms. The summed E-state index contributed by atoms with van der Waals surface area (Å²) in [7, 11) is 0. The van der Waals surface area contributed by atoms with Crippen LogP contribution in [0.5, 0.6) is 0 Å². The normalized spacial score (nSPS) is 13.7. The van der Waals surface area contributed by atoms with Crippen LogP contribution < -0.4 is 0 Å². The molecule has 1 N–H and O–H groups in total. The number of hydrogen-bond acceptors (Lipinski definition) is 0. The van der Waals surface area contributed by atoms with Crippen LogP contribution in [0, 0.1) is 0 Å². The van der Waals surface area contributed by atoms with Gasteiger partial charge in [0.1, 0.15) is 0 Å². The van der Waals surface area contributed by atoms with Gasteiger partial charge in [-0.3, -0.25) is 0 Å². The maximum Gasteiger partial charge on any atom is 0.0461 e. The highest BCUT2D eigenvalue weighted by atomic mass is 14.7. The number of para-hydroxylation sites is 1. The molecule has 4 rings (SSSR count). The average molecular weight is 332 g/mol. The second-order valence-corrected chi connectivity index (χ2v) is 7.56. The Labute approximate surface area is 151 Å². The van der Waals surface area contributed by atoms with Crippen LogP contribution in [0.2, 0.25) is 0 Å². The maximum absolute atomic E-state index is 3.58. The van der Waals surface area contributed by atoms with Crippen LogP contribution in [0.1, 0.15) is 63.4 Å². The van der Waals surface area contributed by atoms with Crippen molar-refractivity contribution >= 4 is 22.6 Å². The molecule has 0 fully saturated rings. The summed E-state index contributed by atoms with van der Waals surface area (Å²) in [6, 6.07) is 17.7. The van der Waals surface area contributed by atoms with Gasteiger partial charge in [0.2, 0.25) is 0 Å². The van der Waals surface area contributed by atoms with Gasteiger partial charge in [-0.05, 0) is 52.7 Å². The monoisotopic (exact) mass is 331 g/mol. The predicted octanol–water partition coefficient (Wildman–Crippen LogP) is 6.98. The summed E-state index contributed by atoms with van der Waals surface area (Å²) in [5, 5.41) is 1.38. The van der Waals surface area contributed by atoms with Crippen molar-refractivity contribution in [2.24, 2.45) is 0 Å². The van der Waals surface area contributed by atoms with Gasteiger partial charge in [-0.25, -0.2) is 0 Å². The topological polar surface area (TPSA) is 15.8 Å². The zero-order chi connectivity index (χ0) is 18.0. The molecule has 1 nitrogen and oxygen atoms in total. The van der Waals surface area contributed by atoms with E-state index in [9.17, 15) is 0 Å². The molecule has 0 spiro atoms. The van der Waals surface area contributed by atoms with Gasteiger partial charge < -0.3 is 4.98 Å². The zero-order valence-electron chi connectivity index (χ0n) is 16.1. The highest BCUT2D eigenvalue weighted by molar-refractivity contribution is 5.93.